The largest absolute Gasteiger partial charge is 0.337 e. The Hall–Kier alpha value is -1.95. The Morgan fingerprint density at radius 3 is 2.82 bits per heavy atom. The van der Waals surface area contributed by atoms with Gasteiger partial charge in [-0.15, -0.1) is 11.3 Å². The Kier molecular flexibility index (Phi) is 5.95. The second-order valence-electron chi connectivity index (χ2n) is 7.64. The summed E-state index contributed by atoms with van der Waals surface area (Å²) in [5.74, 6) is 0.587. The predicted molar refractivity (Wildman–Crippen MR) is 115 cm³/mol. The zero-order valence-corrected chi connectivity index (χ0v) is 17.6. The van der Waals surface area contributed by atoms with E-state index in [2.05, 4.69) is 25.2 Å². The molecule has 0 bridgehead atoms. The fraction of sp³-hybridized carbons (Fsp3) is 0.364. The first-order chi connectivity index (χ1) is 13.6. The van der Waals surface area contributed by atoms with Crippen LogP contribution in [0.5, 0.6) is 0 Å². The van der Waals surface area contributed by atoms with Gasteiger partial charge in [0.1, 0.15) is 6.54 Å². The number of fused-ring (bicyclic) bond motifs is 1. The number of aromatic nitrogens is 1. The number of likely N-dealkylation sites (N-methyl/N-ethyl adjacent to an activating group) is 1. The Morgan fingerprint density at radius 2 is 2.04 bits per heavy atom. The number of carbonyl (C=O) groups excluding carboxylic acids is 1. The van der Waals surface area contributed by atoms with Crippen LogP contribution in [-0.4, -0.2) is 42.5 Å². The number of rotatable bonds is 5. The molecule has 0 spiro atoms. The second kappa shape index (κ2) is 8.60. The van der Waals surface area contributed by atoms with Crippen LogP contribution in [0.15, 0.2) is 48.5 Å². The normalized spacial score (nSPS) is 18.4. The zero-order chi connectivity index (χ0) is 19.5. The molecule has 1 amide bonds. The van der Waals surface area contributed by atoms with E-state index in [9.17, 15) is 4.79 Å². The maximum Gasteiger partial charge on any atom is 0.277 e. The van der Waals surface area contributed by atoms with E-state index in [1.807, 2.05) is 35.2 Å². The van der Waals surface area contributed by atoms with Gasteiger partial charge < -0.3 is 9.80 Å². The third-order valence-electron chi connectivity index (χ3n) is 5.31. The van der Waals surface area contributed by atoms with Crippen LogP contribution in [0.3, 0.4) is 0 Å². The molecule has 2 aromatic carbocycles. The van der Waals surface area contributed by atoms with Crippen molar-refractivity contribution < 1.29 is 9.69 Å². The van der Waals surface area contributed by atoms with Gasteiger partial charge in [-0.3, -0.25) is 4.79 Å². The van der Waals surface area contributed by atoms with Crippen LogP contribution in [0.4, 0.5) is 0 Å². The summed E-state index contributed by atoms with van der Waals surface area (Å²) in [5, 5.41) is 1.91. The summed E-state index contributed by atoms with van der Waals surface area (Å²) in [6, 6.07) is 16.1. The van der Waals surface area contributed by atoms with Crippen LogP contribution in [0, 0.1) is 0 Å². The number of amides is 1. The minimum absolute atomic E-state index is 0.234. The maximum absolute atomic E-state index is 12.9. The lowest BCUT2D eigenvalue weighted by Crippen LogP contribution is -3.08. The van der Waals surface area contributed by atoms with Crippen molar-refractivity contribution in [1.29, 1.82) is 0 Å². The lowest BCUT2D eigenvalue weighted by Gasteiger charge is -2.32. The average Bonchev–Trinajstić information content (AvgIpc) is 3.14. The Bertz CT molecular complexity index is 923. The number of nitrogens with one attached hydrogen (secondary N) is 1. The quantitative estimate of drug-likeness (QED) is 0.695. The molecule has 1 N–H and O–H groups in total. The molecule has 1 fully saturated rings. The lowest BCUT2D eigenvalue weighted by atomic mass is 9.98. The van der Waals surface area contributed by atoms with Gasteiger partial charge in [0.05, 0.1) is 22.3 Å². The number of carbonyl (C=O) groups is 1. The topological polar surface area (TPSA) is 37.6 Å². The van der Waals surface area contributed by atoms with Crippen LogP contribution < -0.4 is 4.90 Å². The molecule has 28 heavy (non-hydrogen) atoms. The smallest absolute Gasteiger partial charge is 0.277 e. The molecule has 0 saturated carbocycles. The summed E-state index contributed by atoms with van der Waals surface area (Å²) in [7, 11) is 2.07. The van der Waals surface area contributed by atoms with E-state index < -0.39 is 0 Å². The van der Waals surface area contributed by atoms with Crippen LogP contribution in [0.2, 0.25) is 5.02 Å². The zero-order valence-electron chi connectivity index (χ0n) is 16.0. The van der Waals surface area contributed by atoms with E-state index in [1.54, 1.807) is 11.3 Å². The first-order valence-corrected chi connectivity index (χ1v) is 11.0. The molecule has 1 aliphatic heterocycles. The van der Waals surface area contributed by atoms with E-state index >= 15 is 0 Å². The van der Waals surface area contributed by atoms with Gasteiger partial charge in [0.2, 0.25) is 0 Å². The Balaban J connectivity index is 1.36. The number of quaternary nitrogens is 1. The van der Waals surface area contributed by atoms with Gasteiger partial charge in [0, 0.05) is 29.6 Å². The molecule has 1 unspecified atom stereocenters. The van der Waals surface area contributed by atoms with Gasteiger partial charge in [-0.1, -0.05) is 35.9 Å². The SMILES string of the molecule is C[NH+](CC(=O)N1CCC[C@@H](c2nc3ccccc3s2)C1)Cc1ccc(Cl)cc1. The fourth-order valence-electron chi connectivity index (χ4n) is 3.85. The number of benzene rings is 2. The van der Waals surface area contributed by atoms with E-state index in [0.29, 0.717) is 12.5 Å². The van der Waals surface area contributed by atoms with Crippen molar-refractivity contribution in [3.63, 3.8) is 0 Å². The van der Waals surface area contributed by atoms with E-state index in [4.69, 9.17) is 16.6 Å². The molecule has 4 rings (SSSR count). The van der Waals surface area contributed by atoms with Crippen LogP contribution in [-0.2, 0) is 11.3 Å². The molecule has 4 nitrogen and oxygen atoms in total. The highest BCUT2D eigenvalue weighted by Crippen LogP contribution is 2.32. The average molecular weight is 415 g/mol. The van der Waals surface area contributed by atoms with Crippen molar-refractivity contribution in [3.05, 3.63) is 64.1 Å². The molecule has 6 heteroatoms. The summed E-state index contributed by atoms with van der Waals surface area (Å²) in [5.41, 5.74) is 2.26. The molecular weight excluding hydrogens is 390 g/mol. The van der Waals surface area contributed by atoms with Gasteiger partial charge >= 0.3 is 0 Å². The standard InChI is InChI=1S/C22H24ClN3OS/c1-25(13-16-8-10-18(23)11-9-16)15-21(27)26-12-4-5-17(14-26)22-24-19-6-2-3-7-20(19)28-22/h2-3,6-11,17H,4-5,12-15H2,1H3/p+1/t17-/m1/s1. The van der Waals surface area contributed by atoms with Gasteiger partial charge in [0.15, 0.2) is 6.54 Å². The Labute approximate surface area is 174 Å². The number of halogens is 1. The number of piperidine rings is 1. The molecule has 1 aromatic heterocycles. The fourth-order valence-corrected chi connectivity index (χ4v) is 5.07. The van der Waals surface area contributed by atoms with E-state index in [-0.39, 0.29) is 5.91 Å². The number of likely N-dealkylation sites (tertiary alicyclic amines) is 1. The molecule has 0 aliphatic carbocycles. The summed E-state index contributed by atoms with van der Waals surface area (Å²) in [4.78, 5) is 20.9. The van der Waals surface area contributed by atoms with E-state index in [0.717, 1.165) is 43.0 Å². The minimum atomic E-state index is 0.234. The summed E-state index contributed by atoms with van der Waals surface area (Å²) < 4.78 is 1.23. The molecular formula is C22H25ClN3OS+. The van der Waals surface area contributed by atoms with Crippen LogP contribution >= 0.6 is 22.9 Å². The highest BCUT2D eigenvalue weighted by molar-refractivity contribution is 7.18. The molecule has 146 valence electrons. The van der Waals surface area contributed by atoms with Crippen molar-refractivity contribution >= 4 is 39.1 Å². The first kappa shape index (κ1) is 19.4. The minimum Gasteiger partial charge on any atom is -0.337 e. The van der Waals surface area contributed by atoms with Crippen molar-refractivity contribution in [2.24, 2.45) is 0 Å². The molecule has 2 heterocycles. The summed E-state index contributed by atoms with van der Waals surface area (Å²) >= 11 is 7.72. The van der Waals surface area contributed by atoms with Gasteiger partial charge in [-0.05, 0) is 37.1 Å². The van der Waals surface area contributed by atoms with E-state index in [1.165, 1.54) is 20.2 Å². The Morgan fingerprint density at radius 1 is 1.25 bits per heavy atom. The van der Waals surface area contributed by atoms with Gasteiger partial charge in [-0.2, -0.15) is 0 Å². The summed E-state index contributed by atoms with van der Waals surface area (Å²) in [6.45, 7) is 2.97. The molecule has 0 radical (unpaired) electrons. The van der Waals surface area contributed by atoms with Gasteiger partial charge in [-0.25, -0.2) is 4.98 Å². The maximum atomic E-state index is 12.9. The number of thiazole rings is 1. The number of para-hydroxylation sites is 1. The number of hydrogen-bond acceptors (Lipinski definition) is 3. The molecule has 1 aliphatic rings. The monoisotopic (exact) mass is 414 g/mol. The third kappa shape index (κ3) is 4.54. The van der Waals surface area contributed by atoms with Gasteiger partial charge in [0.25, 0.3) is 5.91 Å². The predicted octanol–water partition coefficient (Wildman–Crippen LogP) is 3.37. The second-order valence-corrected chi connectivity index (χ2v) is 9.13. The summed E-state index contributed by atoms with van der Waals surface area (Å²) in [6.07, 6.45) is 2.15. The number of nitrogens with zero attached hydrogens (tertiary/aromatic N) is 2. The molecule has 3 aromatic rings. The third-order valence-corrected chi connectivity index (χ3v) is 6.76. The lowest BCUT2D eigenvalue weighted by molar-refractivity contribution is -0.885. The molecule has 1 saturated heterocycles. The highest BCUT2D eigenvalue weighted by Gasteiger charge is 2.28. The van der Waals surface area contributed by atoms with Crippen molar-refractivity contribution in [3.8, 4) is 0 Å². The van der Waals surface area contributed by atoms with Crippen molar-refractivity contribution in [2.45, 2.75) is 25.3 Å². The van der Waals surface area contributed by atoms with Crippen LogP contribution in [0.1, 0.15) is 29.3 Å². The van der Waals surface area contributed by atoms with Crippen LogP contribution in [0.25, 0.3) is 10.2 Å². The van der Waals surface area contributed by atoms with Crippen molar-refractivity contribution in [2.75, 3.05) is 26.7 Å². The first-order valence-electron chi connectivity index (χ1n) is 9.77. The number of hydrogen-bond donors (Lipinski definition) is 1. The molecule has 2 atom stereocenters. The van der Waals surface area contributed by atoms with Crippen molar-refractivity contribution in [1.82, 2.24) is 9.88 Å². The highest BCUT2D eigenvalue weighted by atomic mass is 35.5.